The van der Waals surface area contributed by atoms with Crippen LogP contribution in [-0.2, 0) is 9.53 Å². The maximum Gasteiger partial charge on any atom is 0.310 e. The number of ether oxygens (including phenoxy) is 1. The third-order valence-electron chi connectivity index (χ3n) is 4.44. The van der Waals surface area contributed by atoms with Gasteiger partial charge in [0.1, 0.15) is 5.82 Å². The van der Waals surface area contributed by atoms with E-state index in [1.807, 2.05) is 19.1 Å². The van der Waals surface area contributed by atoms with E-state index in [0.717, 1.165) is 47.2 Å². The molecule has 2 heterocycles. The number of aromatic nitrogens is 1. The summed E-state index contributed by atoms with van der Waals surface area (Å²) in [5, 5.41) is 2.06. The molecule has 1 aliphatic heterocycles. The number of nitrogen functional groups attached to an aromatic ring is 1. The van der Waals surface area contributed by atoms with Crippen molar-refractivity contribution in [1.82, 2.24) is 4.98 Å². The molecule has 0 spiro atoms. The number of nitrogens with two attached hydrogens (primary N) is 1. The molecule has 2 N–H and O–H groups in total. The number of aryl methyl sites for hydroxylation is 1. The van der Waals surface area contributed by atoms with E-state index in [2.05, 4.69) is 16.0 Å². The lowest BCUT2D eigenvalue weighted by atomic mass is 9.97. The minimum absolute atomic E-state index is 0.0846. The number of hydrogen-bond acceptors (Lipinski definition) is 5. The number of anilines is 2. The van der Waals surface area contributed by atoms with Crippen molar-refractivity contribution in [3.05, 3.63) is 30.0 Å². The Hall–Kier alpha value is -2.30. The monoisotopic (exact) mass is 299 g/mol. The number of piperidine rings is 1. The summed E-state index contributed by atoms with van der Waals surface area (Å²) in [6, 6.07) is 6.03. The highest BCUT2D eigenvalue weighted by atomic mass is 16.5. The van der Waals surface area contributed by atoms with Gasteiger partial charge in [0.05, 0.1) is 13.0 Å². The van der Waals surface area contributed by atoms with Crippen molar-refractivity contribution >= 4 is 28.2 Å². The molecular weight excluding hydrogens is 278 g/mol. The number of esters is 1. The zero-order chi connectivity index (χ0) is 15.7. The molecule has 3 rings (SSSR count). The molecule has 1 atom stereocenters. The minimum Gasteiger partial charge on any atom is -0.469 e. The van der Waals surface area contributed by atoms with Crippen LogP contribution in [0.4, 0.5) is 11.5 Å². The smallest absolute Gasteiger partial charge is 0.310 e. The van der Waals surface area contributed by atoms with Gasteiger partial charge in [0, 0.05) is 35.7 Å². The highest BCUT2D eigenvalue weighted by molar-refractivity contribution is 6.00. The van der Waals surface area contributed by atoms with Crippen molar-refractivity contribution in [3.8, 4) is 0 Å². The summed E-state index contributed by atoms with van der Waals surface area (Å²) in [6.45, 7) is 3.54. The van der Waals surface area contributed by atoms with E-state index in [9.17, 15) is 4.79 Å². The largest absolute Gasteiger partial charge is 0.469 e. The molecule has 0 saturated carbocycles. The summed E-state index contributed by atoms with van der Waals surface area (Å²) in [4.78, 5) is 18.5. The Morgan fingerprint density at radius 1 is 1.36 bits per heavy atom. The third kappa shape index (κ3) is 2.47. The van der Waals surface area contributed by atoms with Crippen LogP contribution in [0.25, 0.3) is 10.8 Å². The molecule has 1 aromatic heterocycles. The first-order valence-electron chi connectivity index (χ1n) is 7.58. The second kappa shape index (κ2) is 5.83. The summed E-state index contributed by atoms with van der Waals surface area (Å²) < 4.78 is 4.89. The van der Waals surface area contributed by atoms with Crippen LogP contribution in [0.2, 0.25) is 0 Å². The number of benzene rings is 1. The second-order valence-electron chi connectivity index (χ2n) is 5.83. The van der Waals surface area contributed by atoms with Crippen LogP contribution in [0.15, 0.2) is 24.4 Å². The predicted octanol–water partition coefficient (Wildman–Crippen LogP) is 2.51. The molecule has 1 aromatic carbocycles. The van der Waals surface area contributed by atoms with Crippen molar-refractivity contribution in [2.24, 2.45) is 5.92 Å². The standard InChI is InChI=1S/C17H21N3O2/c1-11-5-6-14-13(15(11)18)7-8-19-16(14)20-9-3-4-12(10-20)17(21)22-2/h5-8,12H,3-4,9-10,18H2,1-2H3. The number of carbonyl (C=O) groups excluding carboxylic acids is 1. The number of methoxy groups -OCH3 is 1. The fourth-order valence-electron chi connectivity index (χ4n) is 3.15. The van der Waals surface area contributed by atoms with Gasteiger partial charge >= 0.3 is 5.97 Å². The van der Waals surface area contributed by atoms with E-state index in [0.29, 0.717) is 6.54 Å². The van der Waals surface area contributed by atoms with E-state index < -0.39 is 0 Å². The van der Waals surface area contributed by atoms with Gasteiger partial charge in [-0.25, -0.2) is 4.98 Å². The topological polar surface area (TPSA) is 68.5 Å². The van der Waals surface area contributed by atoms with Gasteiger partial charge in [-0.05, 0) is 31.4 Å². The maximum absolute atomic E-state index is 11.8. The number of rotatable bonds is 2. The first-order valence-corrected chi connectivity index (χ1v) is 7.58. The highest BCUT2D eigenvalue weighted by Gasteiger charge is 2.28. The SMILES string of the molecule is COC(=O)C1CCCN(c2nccc3c(N)c(C)ccc23)C1. The molecule has 5 nitrogen and oxygen atoms in total. The average molecular weight is 299 g/mol. The van der Waals surface area contributed by atoms with E-state index in [-0.39, 0.29) is 11.9 Å². The fourth-order valence-corrected chi connectivity index (χ4v) is 3.15. The molecule has 22 heavy (non-hydrogen) atoms. The first kappa shape index (κ1) is 14.6. The fraction of sp³-hybridized carbons (Fsp3) is 0.412. The van der Waals surface area contributed by atoms with E-state index >= 15 is 0 Å². The number of hydrogen-bond donors (Lipinski definition) is 1. The van der Waals surface area contributed by atoms with Gasteiger partial charge in [0.25, 0.3) is 0 Å². The molecule has 116 valence electrons. The van der Waals surface area contributed by atoms with Crippen LogP contribution in [0, 0.1) is 12.8 Å². The van der Waals surface area contributed by atoms with Crippen molar-refractivity contribution in [3.63, 3.8) is 0 Å². The molecule has 0 radical (unpaired) electrons. The average Bonchev–Trinajstić information content (AvgIpc) is 2.57. The Labute approximate surface area is 130 Å². The van der Waals surface area contributed by atoms with E-state index in [1.165, 1.54) is 7.11 Å². The Kier molecular flexibility index (Phi) is 3.88. The molecule has 1 saturated heterocycles. The van der Waals surface area contributed by atoms with E-state index in [4.69, 9.17) is 10.5 Å². The normalized spacial score (nSPS) is 18.5. The van der Waals surface area contributed by atoms with Crippen LogP contribution >= 0.6 is 0 Å². The van der Waals surface area contributed by atoms with Gasteiger partial charge < -0.3 is 15.4 Å². The van der Waals surface area contributed by atoms with Crippen LogP contribution in [0.1, 0.15) is 18.4 Å². The van der Waals surface area contributed by atoms with Crippen LogP contribution in [0.3, 0.4) is 0 Å². The van der Waals surface area contributed by atoms with Gasteiger partial charge in [0.15, 0.2) is 0 Å². The van der Waals surface area contributed by atoms with Gasteiger partial charge in [-0.2, -0.15) is 0 Å². The Morgan fingerprint density at radius 2 is 2.18 bits per heavy atom. The molecule has 0 amide bonds. The Bertz CT molecular complexity index is 714. The number of fused-ring (bicyclic) bond motifs is 1. The molecule has 0 aliphatic carbocycles. The molecule has 1 aliphatic rings. The zero-order valence-electron chi connectivity index (χ0n) is 13.0. The molecule has 1 unspecified atom stereocenters. The summed E-state index contributed by atoms with van der Waals surface area (Å²) in [6.07, 6.45) is 3.61. The lowest BCUT2D eigenvalue weighted by molar-refractivity contribution is -0.145. The quantitative estimate of drug-likeness (QED) is 0.681. The molecule has 1 fully saturated rings. The Morgan fingerprint density at radius 3 is 2.95 bits per heavy atom. The number of carbonyl (C=O) groups is 1. The Balaban J connectivity index is 1.99. The van der Waals surface area contributed by atoms with Gasteiger partial charge in [-0.15, -0.1) is 0 Å². The lowest BCUT2D eigenvalue weighted by Gasteiger charge is -2.33. The summed E-state index contributed by atoms with van der Waals surface area (Å²) in [5.74, 6) is 0.677. The van der Waals surface area contributed by atoms with Crippen LogP contribution in [0.5, 0.6) is 0 Å². The zero-order valence-corrected chi connectivity index (χ0v) is 13.0. The van der Waals surface area contributed by atoms with Gasteiger partial charge in [-0.1, -0.05) is 12.1 Å². The third-order valence-corrected chi connectivity index (χ3v) is 4.44. The lowest BCUT2D eigenvalue weighted by Crippen LogP contribution is -2.39. The predicted molar refractivity (Wildman–Crippen MR) is 87.8 cm³/mol. The second-order valence-corrected chi connectivity index (χ2v) is 5.83. The summed E-state index contributed by atoms with van der Waals surface area (Å²) >= 11 is 0. The van der Waals surface area contributed by atoms with Crippen LogP contribution < -0.4 is 10.6 Å². The van der Waals surface area contributed by atoms with E-state index in [1.54, 1.807) is 6.20 Å². The summed E-state index contributed by atoms with van der Waals surface area (Å²) in [7, 11) is 1.45. The number of nitrogens with zero attached hydrogens (tertiary/aromatic N) is 2. The van der Waals surface area contributed by atoms with Crippen molar-refractivity contribution in [2.45, 2.75) is 19.8 Å². The molecule has 2 aromatic rings. The van der Waals surface area contributed by atoms with Crippen molar-refractivity contribution in [1.29, 1.82) is 0 Å². The van der Waals surface area contributed by atoms with Gasteiger partial charge in [-0.3, -0.25) is 4.79 Å². The van der Waals surface area contributed by atoms with Crippen molar-refractivity contribution < 1.29 is 9.53 Å². The molecule has 5 heteroatoms. The number of pyridine rings is 1. The maximum atomic E-state index is 11.8. The molecule has 0 bridgehead atoms. The van der Waals surface area contributed by atoms with Crippen LogP contribution in [-0.4, -0.2) is 31.2 Å². The summed E-state index contributed by atoms with van der Waals surface area (Å²) in [5.41, 5.74) is 8.05. The van der Waals surface area contributed by atoms with Gasteiger partial charge in [0.2, 0.25) is 0 Å². The highest BCUT2D eigenvalue weighted by Crippen LogP contribution is 2.32. The minimum atomic E-state index is -0.139. The molecular formula is C17H21N3O2. The first-order chi connectivity index (χ1) is 10.6. The van der Waals surface area contributed by atoms with Crippen molar-refractivity contribution in [2.75, 3.05) is 30.8 Å².